The molecule has 316 valence electrons. The number of ether oxygens (including phenoxy) is 2. The van der Waals surface area contributed by atoms with Gasteiger partial charge in [0.2, 0.25) is 0 Å². The monoisotopic (exact) mass is 774 g/mol. The Bertz CT molecular complexity index is 863. The molecule has 0 aromatic carbocycles. The van der Waals surface area contributed by atoms with E-state index < -0.39 is 13.9 Å². The summed E-state index contributed by atoms with van der Waals surface area (Å²) in [6.07, 6.45) is 40.7. The second kappa shape index (κ2) is 38.1. The molecule has 9 heteroatoms. The molecule has 0 bridgehead atoms. The molecule has 0 rings (SSSR count). The van der Waals surface area contributed by atoms with Gasteiger partial charge in [-0.3, -0.25) is 9.36 Å². The molecule has 0 saturated carbocycles. The first-order valence-electron chi connectivity index (χ1n) is 22.4. The fourth-order valence-corrected chi connectivity index (χ4v) is 7.03. The quantitative estimate of drug-likeness (QED) is 0.0200. The summed E-state index contributed by atoms with van der Waals surface area (Å²) in [4.78, 5) is 25.0. The fraction of sp³-hybridized carbons (Fsp3) is 0.932. The lowest BCUT2D eigenvalue weighted by atomic mass is 10.0. The first-order valence-corrected chi connectivity index (χ1v) is 23.9. The molecule has 0 aliphatic carbocycles. The smallest absolute Gasteiger partial charge is 0.306 e. The normalized spacial score (nSPS) is 13.8. The van der Waals surface area contributed by atoms with Crippen molar-refractivity contribution < 1.29 is 37.3 Å². The Hall–Kier alpha value is -0.760. The van der Waals surface area contributed by atoms with Crippen LogP contribution in [0.5, 0.6) is 0 Å². The highest BCUT2D eigenvalue weighted by Crippen LogP contribution is 2.38. The summed E-state index contributed by atoms with van der Waals surface area (Å²) in [6.45, 7) is 5.42. The van der Waals surface area contributed by atoms with Crippen molar-refractivity contribution in [3.05, 3.63) is 12.2 Å². The molecule has 0 aromatic heterocycles. The van der Waals surface area contributed by atoms with E-state index in [0.29, 0.717) is 24.1 Å². The average Bonchev–Trinajstić information content (AvgIpc) is 3.11. The number of quaternary nitrogens is 1. The molecule has 1 unspecified atom stereocenters. The number of unbranched alkanes of at least 4 members (excludes halogenated alkanes) is 26. The number of carbonyl (C=O) groups is 1. The predicted molar refractivity (Wildman–Crippen MR) is 222 cm³/mol. The molecule has 0 aromatic rings. The third-order valence-corrected chi connectivity index (χ3v) is 10.8. The van der Waals surface area contributed by atoms with Crippen molar-refractivity contribution in [1.29, 1.82) is 0 Å². The van der Waals surface area contributed by atoms with Crippen LogP contribution in [0.2, 0.25) is 0 Å². The first-order chi connectivity index (χ1) is 25.6. The lowest BCUT2D eigenvalue weighted by Gasteiger charge is -2.28. The molecule has 0 spiro atoms. The number of likely N-dealkylation sites (N-methyl/N-ethyl adjacent to an activating group) is 1. The zero-order valence-corrected chi connectivity index (χ0v) is 36.6. The first kappa shape index (κ1) is 52.2. The number of allylic oxidation sites excluding steroid dienone is 2. The van der Waals surface area contributed by atoms with Crippen molar-refractivity contribution in [1.82, 2.24) is 0 Å². The van der Waals surface area contributed by atoms with E-state index in [1.54, 1.807) is 0 Å². The van der Waals surface area contributed by atoms with Crippen LogP contribution in [0.4, 0.5) is 0 Å². The van der Waals surface area contributed by atoms with Crippen LogP contribution < -0.4 is 4.89 Å². The van der Waals surface area contributed by atoms with Gasteiger partial charge in [-0.1, -0.05) is 174 Å². The van der Waals surface area contributed by atoms with Gasteiger partial charge < -0.3 is 27.9 Å². The predicted octanol–water partition coefficient (Wildman–Crippen LogP) is 12.4. The third-order valence-electron chi connectivity index (χ3n) is 9.82. The molecule has 0 heterocycles. The number of carbonyl (C=O) groups excluding carboxylic acids is 1. The molecule has 0 fully saturated rings. The summed E-state index contributed by atoms with van der Waals surface area (Å²) in [7, 11) is 1.36. The van der Waals surface area contributed by atoms with E-state index >= 15 is 0 Å². The lowest BCUT2D eigenvalue weighted by Crippen LogP contribution is -2.37. The number of hydrogen-bond donors (Lipinski definition) is 0. The zero-order valence-electron chi connectivity index (χ0n) is 35.7. The van der Waals surface area contributed by atoms with Crippen LogP contribution in [0.25, 0.3) is 0 Å². The van der Waals surface area contributed by atoms with E-state index in [9.17, 15) is 14.3 Å². The molecule has 0 aliphatic rings. The van der Waals surface area contributed by atoms with Crippen molar-refractivity contribution >= 4 is 13.8 Å². The van der Waals surface area contributed by atoms with Crippen LogP contribution >= 0.6 is 7.82 Å². The van der Waals surface area contributed by atoms with Gasteiger partial charge in [-0.25, -0.2) is 0 Å². The molecule has 0 amide bonds. The van der Waals surface area contributed by atoms with Gasteiger partial charge in [0, 0.05) is 13.0 Å². The Kier molecular flexibility index (Phi) is 37.6. The van der Waals surface area contributed by atoms with Crippen molar-refractivity contribution in [3.8, 4) is 0 Å². The third kappa shape index (κ3) is 42.2. The minimum atomic E-state index is -4.52. The van der Waals surface area contributed by atoms with Crippen LogP contribution in [-0.2, 0) is 27.9 Å². The van der Waals surface area contributed by atoms with E-state index in [1.165, 1.54) is 154 Å². The zero-order chi connectivity index (χ0) is 39.1. The Balaban J connectivity index is 4.19. The molecular formula is C44H88NO7P. The highest BCUT2D eigenvalue weighted by atomic mass is 31.2. The summed E-state index contributed by atoms with van der Waals surface area (Å²) < 4.78 is 34.6. The molecule has 8 nitrogen and oxygen atoms in total. The summed E-state index contributed by atoms with van der Waals surface area (Å²) >= 11 is 0. The molecule has 0 N–H and O–H groups in total. The van der Waals surface area contributed by atoms with Crippen LogP contribution in [-0.4, -0.2) is 70.7 Å². The van der Waals surface area contributed by atoms with Gasteiger partial charge in [-0.05, 0) is 38.5 Å². The topological polar surface area (TPSA) is 94.1 Å². The van der Waals surface area contributed by atoms with Crippen molar-refractivity contribution in [3.63, 3.8) is 0 Å². The van der Waals surface area contributed by atoms with Crippen molar-refractivity contribution in [2.75, 3.05) is 54.1 Å². The SMILES string of the molecule is CCCCCC/C=C\CCCCCCCCOC[C@H](COP(=O)([O-])OCC[N+](C)(C)C)OC(=O)CCCCCCCCCCCCCCCCCCC. The van der Waals surface area contributed by atoms with Crippen LogP contribution in [0.1, 0.15) is 206 Å². The lowest BCUT2D eigenvalue weighted by molar-refractivity contribution is -0.870. The molecule has 0 radical (unpaired) electrons. The Morgan fingerprint density at radius 2 is 0.981 bits per heavy atom. The molecule has 53 heavy (non-hydrogen) atoms. The van der Waals surface area contributed by atoms with E-state index in [-0.39, 0.29) is 25.8 Å². The summed E-state index contributed by atoms with van der Waals surface area (Å²) in [6, 6.07) is 0. The highest BCUT2D eigenvalue weighted by Gasteiger charge is 2.20. The van der Waals surface area contributed by atoms with Gasteiger partial charge in [0.05, 0.1) is 34.4 Å². The largest absolute Gasteiger partial charge is 0.756 e. The van der Waals surface area contributed by atoms with Gasteiger partial charge in [0.25, 0.3) is 7.82 Å². The van der Waals surface area contributed by atoms with Gasteiger partial charge >= 0.3 is 5.97 Å². The number of nitrogens with zero attached hydrogens (tertiary/aromatic N) is 1. The fourth-order valence-electron chi connectivity index (χ4n) is 6.31. The Morgan fingerprint density at radius 3 is 1.45 bits per heavy atom. The molecular weight excluding hydrogens is 685 g/mol. The van der Waals surface area contributed by atoms with E-state index in [0.717, 1.165) is 32.1 Å². The van der Waals surface area contributed by atoms with E-state index in [2.05, 4.69) is 26.0 Å². The number of phosphoric acid groups is 1. The number of phosphoric ester groups is 1. The highest BCUT2D eigenvalue weighted by molar-refractivity contribution is 7.45. The average molecular weight is 774 g/mol. The second-order valence-corrected chi connectivity index (χ2v) is 17.8. The van der Waals surface area contributed by atoms with Crippen molar-refractivity contribution in [2.24, 2.45) is 0 Å². The molecule has 0 aliphatic heterocycles. The van der Waals surface area contributed by atoms with Gasteiger partial charge in [0.15, 0.2) is 0 Å². The Labute approximate surface area is 329 Å². The van der Waals surface area contributed by atoms with Crippen LogP contribution in [0, 0.1) is 0 Å². The molecule has 2 atom stereocenters. The molecule has 0 saturated heterocycles. The van der Waals surface area contributed by atoms with Gasteiger partial charge in [0.1, 0.15) is 19.3 Å². The van der Waals surface area contributed by atoms with E-state index in [1.807, 2.05) is 21.1 Å². The standard InChI is InChI=1S/C44H88NO7P/c1-6-8-10-12-14-16-18-20-22-23-24-25-27-29-31-33-35-37-44(46)52-43(42-51-53(47,48)50-40-38-45(3,4)5)41-49-39-36-34-32-30-28-26-21-19-17-15-13-11-9-7-2/h17,19,43H,6-16,18,20-42H2,1-5H3/b19-17-/t43-/m1/s1. The Morgan fingerprint density at radius 1 is 0.566 bits per heavy atom. The summed E-state index contributed by atoms with van der Waals surface area (Å²) in [5, 5.41) is 0. The minimum absolute atomic E-state index is 0.0281. The maximum atomic E-state index is 12.7. The van der Waals surface area contributed by atoms with Crippen molar-refractivity contribution in [2.45, 2.75) is 213 Å². The second-order valence-electron chi connectivity index (χ2n) is 16.4. The van der Waals surface area contributed by atoms with Crippen LogP contribution in [0.3, 0.4) is 0 Å². The number of esters is 1. The summed E-state index contributed by atoms with van der Waals surface area (Å²) in [5.74, 6) is -0.332. The maximum absolute atomic E-state index is 12.7. The number of hydrogen-bond acceptors (Lipinski definition) is 7. The maximum Gasteiger partial charge on any atom is 0.306 e. The summed E-state index contributed by atoms with van der Waals surface area (Å²) in [5.41, 5.74) is 0. The minimum Gasteiger partial charge on any atom is -0.756 e. The van der Waals surface area contributed by atoms with Gasteiger partial charge in [-0.2, -0.15) is 0 Å². The van der Waals surface area contributed by atoms with E-state index in [4.69, 9.17) is 18.5 Å². The number of rotatable bonds is 42. The van der Waals surface area contributed by atoms with Crippen LogP contribution in [0.15, 0.2) is 12.2 Å². The van der Waals surface area contributed by atoms with Gasteiger partial charge in [-0.15, -0.1) is 0 Å².